The van der Waals surface area contributed by atoms with Crippen LogP contribution in [0.3, 0.4) is 0 Å². The topological polar surface area (TPSA) is 247 Å². The van der Waals surface area contributed by atoms with Gasteiger partial charge in [0.05, 0.1) is 31.7 Å². The molecule has 0 amide bonds. The van der Waals surface area contributed by atoms with E-state index in [-0.39, 0.29) is 48.7 Å². The smallest absolute Gasteiger partial charge is 0.382 e. The Hall–Kier alpha value is -2.61. The van der Waals surface area contributed by atoms with Gasteiger partial charge >= 0.3 is 19.8 Å². The fourth-order valence-electron chi connectivity index (χ4n) is 5.39. The monoisotopic (exact) mass is 688 g/mol. The van der Waals surface area contributed by atoms with Crippen molar-refractivity contribution in [1.82, 2.24) is 34.1 Å². The van der Waals surface area contributed by atoms with Crippen LogP contribution < -0.4 is 16.3 Å². The first kappa shape index (κ1) is 31.4. The number of aromatic nitrogens is 7. The number of hydrogen-bond acceptors (Lipinski definition) is 16. The summed E-state index contributed by atoms with van der Waals surface area (Å²) < 4.78 is 43.3. The highest BCUT2D eigenvalue weighted by molar-refractivity contribution is 8.07. The summed E-state index contributed by atoms with van der Waals surface area (Å²) in [5.74, 6) is -0.508. The second-order valence-electron chi connectivity index (χ2n) is 10.2. The zero-order valence-corrected chi connectivity index (χ0v) is 26.4. The van der Waals surface area contributed by atoms with Crippen LogP contribution in [-0.2, 0) is 39.4 Å². The summed E-state index contributed by atoms with van der Waals surface area (Å²) >= 11 is 6.15. The molecule has 18 nitrogen and oxygen atoms in total. The first-order valence-electron chi connectivity index (χ1n) is 13.3. The Kier molecular flexibility index (Phi) is 9.02. The number of nitrogens with zero attached hydrogens (tertiary/aromatic N) is 7. The molecule has 0 aliphatic carbocycles. The van der Waals surface area contributed by atoms with Crippen molar-refractivity contribution in [3.05, 3.63) is 28.6 Å². The van der Waals surface area contributed by atoms with Crippen molar-refractivity contribution in [3.63, 3.8) is 0 Å². The van der Waals surface area contributed by atoms with Crippen molar-refractivity contribution in [3.8, 4) is 0 Å². The molecule has 22 heteroatoms. The molecule has 6 rings (SSSR count). The summed E-state index contributed by atoms with van der Waals surface area (Å²) in [7, 11) is -2.92. The van der Waals surface area contributed by atoms with Gasteiger partial charge < -0.3 is 34.9 Å². The normalized spacial score (nSPS) is 27.3. The molecular formula is C22H28N9O9P2S2+. The number of hydrogen-bond donors (Lipinski definition) is 4. The molecule has 0 bridgehead atoms. The van der Waals surface area contributed by atoms with E-state index in [1.807, 2.05) is 6.92 Å². The van der Waals surface area contributed by atoms with E-state index in [1.54, 1.807) is 10.9 Å². The molecule has 0 saturated carbocycles. The molecule has 8 atom stereocenters. The number of thiazole rings is 1. The number of ether oxygens (including phenoxy) is 2. The maximum absolute atomic E-state index is 12.9. The van der Waals surface area contributed by atoms with E-state index < -0.39 is 39.1 Å². The fourth-order valence-corrected chi connectivity index (χ4v) is 7.69. The van der Waals surface area contributed by atoms with Crippen LogP contribution in [0.4, 0.5) is 11.6 Å². The fraction of sp³-hybridized carbons (Fsp3) is 0.545. The minimum atomic E-state index is -3.76. The predicted molar refractivity (Wildman–Crippen MR) is 160 cm³/mol. The Balaban J connectivity index is 1.10. The Morgan fingerprint density at radius 1 is 1.09 bits per heavy atom. The number of fused-ring (bicyclic) bond motifs is 2. The zero-order valence-electron chi connectivity index (χ0n) is 23.0. The molecule has 0 spiro atoms. The number of rotatable bonds is 11. The van der Waals surface area contributed by atoms with Crippen LogP contribution in [0, 0.1) is 11.8 Å². The molecule has 2 saturated heterocycles. The van der Waals surface area contributed by atoms with Crippen molar-refractivity contribution in [2.45, 2.75) is 44.4 Å². The van der Waals surface area contributed by atoms with Crippen LogP contribution in [-0.4, -0.2) is 75.9 Å². The van der Waals surface area contributed by atoms with Crippen molar-refractivity contribution in [1.29, 1.82) is 0 Å². The third-order valence-corrected chi connectivity index (χ3v) is 10.5. The standard InChI is InChI=1S/C22H27N9O9P2S2/c1-10-12(13(6-36-41(33)34)40-21(10)31-20-16(44-22(31)32)18(24)26-8-28-20)5-38-42(35,43)37-4-11-2-3-14(39-11)30-9-29-15-17(23)25-7-27-19(15)30/h7-14,21H,2-6H2,1H3,(H5-,23,24,25,26,27,28,33,34,35,43)/p+1/t10?,11?,12?,13-,14-,21-,42?/m1/s1. The molecule has 2 aliphatic rings. The van der Waals surface area contributed by atoms with E-state index >= 15 is 0 Å². The summed E-state index contributed by atoms with van der Waals surface area (Å²) in [6, 6.07) is 0. The van der Waals surface area contributed by atoms with E-state index in [1.165, 1.54) is 17.2 Å². The van der Waals surface area contributed by atoms with Gasteiger partial charge in [0.25, 0.3) is 0 Å². The van der Waals surface area contributed by atoms with Crippen molar-refractivity contribution < 1.29 is 37.4 Å². The second kappa shape index (κ2) is 12.6. The SMILES string of the molecule is CC1C(COP(O)(=S)OCC2CC[C@H](n3cnc4c(N)ncnc43)O2)[C@@H](CO[P+](=O)O)O[C@H]1n1c(=O)sc2c(N)ncnc21. The molecule has 44 heavy (non-hydrogen) atoms. The lowest BCUT2D eigenvalue weighted by atomic mass is 9.92. The molecule has 6 heterocycles. The van der Waals surface area contributed by atoms with E-state index in [0.29, 0.717) is 34.4 Å². The number of nitrogens with two attached hydrogens (primary N) is 2. The lowest BCUT2D eigenvalue weighted by Gasteiger charge is -2.24. The Labute approximate surface area is 258 Å². The number of anilines is 2. The molecule has 2 fully saturated rings. The zero-order chi connectivity index (χ0) is 31.2. The molecule has 6 N–H and O–H groups in total. The summed E-state index contributed by atoms with van der Waals surface area (Å²) in [6.07, 6.45) is 3.05. The van der Waals surface area contributed by atoms with Gasteiger partial charge in [0.1, 0.15) is 47.8 Å². The summed E-state index contributed by atoms with van der Waals surface area (Å²) in [5, 5.41) is 0. The van der Waals surface area contributed by atoms with Crippen molar-refractivity contribution in [2.75, 3.05) is 31.3 Å². The van der Waals surface area contributed by atoms with Gasteiger partial charge in [-0.1, -0.05) is 18.3 Å². The van der Waals surface area contributed by atoms with E-state index in [0.717, 1.165) is 11.3 Å². The molecule has 0 aromatic carbocycles. The minimum Gasteiger partial charge on any atom is -0.382 e. The van der Waals surface area contributed by atoms with Gasteiger partial charge in [-0.2, -0.15) is 0 Å². The second-order valence-corrected chi connectivity index (χ2v) is 14.7. The first-order valence-corrected chi connectivity index (χ1v) is 17.8. The van der Waals surface area contributed by atoms with Gasteiger partial charge in [-0.25, -0.2) is 24.9 Å². The number of imidazole rings is 1. The van der Waals surface area contributed by atoms with E-state index in [9.17, 15) is 19.1 Å². The highest BCUT2D eigenvalue weighted by Gasteiger charge is 2.46. The molecule has 4 aromatic heterocycles. The molecule has 0 radical (unpaired) electrons. The molecule has 236 valence electrons. The van der Waals surface area contributed by atoms with Crippen LogP contribution in [0.15, 0.2) is 23.8 Å². The van der Waals surface area contributed by atoms with Gasteiger partial charge in [-0.15, -0.1) is 9.42 Å². The van der Waals surface area contributed by atoms with Crippen molar-refractivity contribution in [2.24, 2.45) is 11.8 Å². The van der Waals surface area contributed by atoms with Crippen molar-refractivity contribution >= 4 is 71.3 Å². The minimum absolute atomic E-state index is 0.0255. The largest absolute Gasteiger partial charge is 0.694 e. The molecule has 4 aromatic rings. The van der Waals surface area contributed by atoms with Crippen LogP contribution in [0.5, 0.6) is 0 Å². The Morgan fingerprint density at radius 2 is 1.82 bits per heavy atom. The van der Waals surface area contributed by atoms with Gasteiger partial charge in [0.2, 0.25) is 0 Å². The maximum Gasteiger partial charge on any atom is 0.694 e. The summed E-state index contributed by atoms with van der Waals surface area (Å²) in [5.41, 5.74) is 13.1. The molecule has 2 aliphatic heterocycles. The average Bonchev–Trinajstić information content (AvgIpc) is 3.75. The summed E-state index contributed by atoms with van der Waals surface area (Å²) in [4.78, 5) is 53.2. The van der Waals surface area contributed by atoms with E-state index in [4.69, 9.17) is 46.3 Å². The van der Waals surface area contributed by atoms with Gasteiger partial charge in [0.15, 0.2) is 17.1 Å². The lowest BCUT2D eigenvalue weighted by molar-refractivity contribution is -0.0343. The highest BCUT2D eigenvalue weighted by Crippen LogP contribution is 2.48. The molecular weight excluding hydrogens is 660 g/mol. The van der Waals surface area contributed by atoms with Gasteiger partial charge in [0, 0.05) is 16.4 Å². The predicted octanol–water partition coefficient (Wildman–Crippen LogP) is 1.60. The van der Waals surface area contributed by atoms with Gasteiger partial charge in [-0.05, 0) is 24.6 Å². The highest BCUT2D eigenvalue weighted by atomic mass is 32.5. The van der Waals surface area contributed by atoms with Crippen LogP contribution in [0.1, 0.15) is 32.2 Å². The van der Waals surface area contributed by atoms with E-state index in [2.05, 4.69) is 24.9 Å². The van der Waals surface area contributed by atoms with Gasteiger partial charge in [-0.3, -0.25) is 13.9 Å². The number of nitrogen functional groups attached to an aromatic ring is 2. The van der Waals surface area contributed by atoms with Crippen LogP contribution >= 0.6 is 26.3 Å². The average molecular weight is 689 g/mol. The third kappa shape index (κ3) is 6.25. The summed E-state index contributed by atoms with van der Waals surface area (Å²) in [6.45, 7) is -2.40. The lowest BCUT2D eigenvalue weighted by Crippen LogP contribution is -2.28. The first-order chi connectivity index (χ1) is 21.0. The van der Waals surface area contributed by atoms with Crippen LogP contribution in [0.2, 0.25) is 0 Å². The van der Waals surface area contributed by atoms with Crippen LogP contribution in [0.25, 0.3) is 21.5 Å². The Bertz CT molecular complexity index is 1810. The molecule has 5 unspecified atom stereocenters. The Morgan fingerprint density at radius 3 is 2.59 bits per heavy atom. The third-order valence-electron chi connectivity index (χ3n) is 7.58. The quantitative estimate of drug-likeness (QED) is 0.163. The maximum atomic E-state index is 12.9.